The molecule has 0 aliphatic rings. The first kappa shape index (κ1) is 16.1. The van der Waals surface area contributed by atoms with E-state index in [9.17, 15) is 9.36 Å². The van der Waals surface area contributed by atoms with E-state index in [1.807, 2.05) is 48.5 Å². The summed E-state index contributed by atoms with van der Waals surface area (Å²) < 4.78 is 16.2. The van der Waals surface area contributed by atoms with Crippen LogP contribution < -0.4 is 5.32 Å². The average molecular weight is 318 g/mol. The molecule has 2 unspecified atom stereocenters. The summed E-state index contributed by atoms with van der Waals surface area (Å²) in [6.45, 7) is 0.152. The van der Waals surface area contributed by atoms with Gasteiger partial charge in [-0.25, -0.2) is 4.79 Å². The molecule has 0 aliphatic carbocycles. The summed E-state index contributed by atoms with van der Waals surface area (Å²) in [4.78, 5) is 21.0. The third-order valence-electron chi connectivity index (χ3n) is 3.05. The Balaban J connectivity index is 1.95. The Morgan fingerprint density at radius 2 is 1.68 bits per heavy atom. The fraction of sp³-hybridized carbons (Fsp3) is 0.188. The normalized spacial score (nSPS) is 12.3. The molecule has 22 heavy (non-hydrogen) atoms. The van der Waals surface area contributed by atoms with Gasteiger partial charge in [0.2, 0.25) is 6.16 Å². The Kier molecular flexibility index (Phi) is 6.07. The molecule has 2 rings (SSSR count). The molecule has 0 saturated heterocycles. The van der Waals surface area contributed by atoms with Gasteiger partial charge in [-0.1, -0.05) is 60.7 Å². The van der Waals surface area contributed by atoms with Crippen molar-refractivity contribution in [2.24, 2.45) is 0 Å². The number of amides is 1. The standard InChI is InChI=1S/C16H16NO4P/c18-16(21-11-13-7-3-1-4-8-13)17-15(12-22(19)20)14-9-5-2-6-10-14/h1-10,15H,11-12H2,(H-,17,18,19,20)/p+1. The zero-order chi connectivity index (χ0) is 15.8. The number of rotatable bonds is 6. The van der Waals surface area contributed by atoms with Crippen LogP contribution in [0, 0.1) is 0 Å². The molecule has 2 N–H and O–H groups in total. The summed E-state index contributed by atoms with van der Waals surface area (Å²) in [6, 6.07) is 17.8. The number of alkyl carbamates (subject to hydrolysis) is 1. The predicted molar refractivity (Wildman–Crippen MR) is 83.6 cm³/mol. The molecule has 5 nitrogen and oxygen atoms in total. The second-order valence-electron chi connectivity index (χ2n) is 4.70. The molecule has 0 bridgehead atoms. The van der Waals surface area contributed by atoms with Crippen LogP contribution >= 0.6 is 8.03 Å². The van der Waals surface area contributed by atoms with Crippen LogP contribution in [0.5, 0.6) is 0 Å². The lowest BCUT2D eigenvalue weighted by Crippen LogP contribution is -2.30. The Morgan fingerprint density at radius 3 is 2.27 bits per heavy atom. The molecule has 2 aromatic rings. The van der Waals surface area contributed by atoms with Gasteiger partial charge < -0.3 is 10.1 Å². The van der Waals surface area contributed by atoms with E-state index in [1.54, 1.807) is 12.1 Å². The number of benzene rings is 2. The third-order valence-corrected chi connectivity index (χ3v) is 3.72. The molecule has 2 aromatic carbocycles. The minimum Gasteiger partial charge on any atom is -0.445 e. The molecule has 2 atom stereocenters. The van der Waals surface area contributed by atoms with Crippen LogP contribution in [0.1, 0.15) is 17.2 Å². The van der Waals surface area contributed by atoms with Crippen molar-refractivity contribution in [3.63, 3.8) is 0 Å². The molecule has 0 radical (unpaired) electrons. The Labute approximate surface area is 129 Å². The van der Waals surface area contributed by atoms with Crippen LogP contribution in [0.15, 0.2) is 60.7 Å². The van der Waals surface area contributed by atoms with Gasteiger partial charge in [0.25, 0.3) is 0 Å². The van der Waals surface area contributed by atoms with Crippen LogP contribution in [0.25, 0.3) is 0 Å². The van der Waals surface area contributed by atoms with Crippen molar-refractivity contribution in [2.45, 2.75) is 12.6 Å². The van der Waals surface area contributed by atoms with E-state index in [0.717, 1.165) is 11.1 Å². The van der Waals surface area contributed by atoms with Gasteiger partial charge in [-0.2, -0.15) is 4.89 Å². The highest BCUT2D eigenvalue weighted by Crippen LogP contribution is 2.24. The van der Waals surface area contributed by atoms with Gasteiger partial charge in [0.05, 0.1) is 0 Å². The van der Waals surface area contributed by atoms with Gasteiger partial charge in [0.15, 0.2) is 0 Å². The van der Waals surface area contributed by atoms with Crippen LogP contribution in [0.3, 0.4) is 0 Å². The quantitative estimate of drug-likeness (QED) is 0.801. The number of nitrogens with one attached hydrogen (secondary N) is 1. The molecular formula is C16H17NO4P+. The maximum absolute atomic E-state index is 11.9. The molecule has 0 saturated carbocycles. The molecule has 0 heterocycles. The van der Waals surface area contributed by atoms with E-state index in [2.05, 4.69) is 5.32 Å². The van der Waals surface area contributed by atoms with Gasteiger partial charge in [-0.15, -0.1) is 0 Å². The smallest absolute Gasteiger partial charge is 0.445 e. The first-order chi connectivity index (χ1) is 10.6. The largest absolute Gasteiger partial charge is 0.508 e. The highest BCUT2D eigenvalue weighted by Gasteiger charge is 2.25. The zero-order valence-electron chi connectivity index (χ0n) is 11.9. The monoisotopic (exact) mass is 318 g/mol. The lowest BCUT2D eigenvalue weighted by molar-refractivity contribution is 0.136. The Bertz CT molecular complexity index is 619. The van der Waals surface area contributed by atoms with Gasteiger partial charge in [-0.3, -0.25) is 0 Å². The molecule has 0 aromatic heterocycles. The van der Waals surface area contributed by atoms with Gasteiger partial charge in [0.1, 0.15) is 12.6 Å². The Hall–Kier alpha value is -2.23. The van der Waals surface area contributed by atoms with Crippen molar-refractivity contribution in [2.75, 3.05) is 6.16 Å². The van der Waals surface area contributed by atoms with Crippen molar-refractivity contribution < 1.29 is 19.0 Å². The SMILES string of the molecule is O=C(NC(C[P+](=O)O)c1ccccc1)OCc1ccccc1. The van der Waals surface area contributed by atoms with Crippen LogP contribution in [-0.4, -0.2) is 17.1 Å². The summed E-state index contributed by atoms with van der Waals surface area (Å²) >= 11 is 0. The average Bonchev–Trinajstić information content (AvgIpc) is 2.54. The summed E-state index contributed by atoms with van der Waals surface area (Å²) in [5.41, 5.74) is 1.64. The lowest BCUT2D eigenvalue weighted by atomic mass is 10.1. The fourth-order valence-electron chi connectivity index (χ4n) is 1.98. The van der Waals surface area contributed by atoms with E-state index in [0.29, 0.717) is 0 Å². The second-order valence-corrected chi connectivity index (χ2v) is 5.77. The van der Waals surface area contributed by atoms with Crippen molar-refractivity contribution >= 4 is 14.1 Å². The molecule has 0 spiro atoms. The van der Waals surface area contributed by atoms with E-state index >= 15 is 0 Å². The Morgan fingerprint density at radius 1 is 1.09 bits per heavy atom. The molecule has 0 aliphatic heterocycles. The van der Waals surface area contributed by atoms with Gasteiger partial charge in [0, 0.05) is 0 Å². The summed E-state index contributed by atoms with van der Waals surface area (Å²) in [5, 5.41) is 2.63. The minimum atomic E-state index is -2.37. The van der Waals surface area contributed by atoms with Crippen LogP contribution in [0.4, 0.5) is 4.79 Å². The number of hydrogen-bond acceptors (Lipinski definition) is 3. The third kappa shape index (κ3) is 5.28. The van der Waals surface area contributed by atoms with E-state index in [-0.39, 0.29) is 12.8 Å². The molecule has 1 amide bonds. The fourth-order valence-corrected chi connectivity index (χ4v) is 2.60. The molecule has 0 fully saturated rings. The predicted octanol–water partition coefficient (Wildman–Crippen LogP) is 3.39. The van der Waals surface area contributed by atoms with E-state index in [1.165, 1.54) is 0 Å². The maximum atomic E-state index is 11.9. The van der Waals surface area contributed by atoms with E-state index < -0.39 is 20.2 Å². The number of ether oxygens (including phenoxy) is 1. The minimum absolute atomic E-state index is 0.0558. The molecule has 114 valence electrons. The number of hydrogen-bond donors (Lipinski definition) is 2. The maximum Gasteiger partial charge on any atom is 0.508 e. The topological polar surface area (TPSA) is 75.6 Å². The lowest BCUT2D eigenvalue weighted by Gasteiger charge is -2.14. The zero-order valence-corrected chi connectivity index (χ0v) is 12.8. The van der Waals surface area contributed by atoms with Gasteiger partial charge >= 0.3 is 14.1 Å². The van der Waals surface area contributed by atoms with E-state index in [4.69, 9.17) is 9.63 Å². The van der Waals surface area contributed by atoms with Gasteiger partial charge in [-0.05, 0) is 15.7 Å². The summed E-state index contributed by atoms with van der Waals surface area (Å²) in [7, 11) is -2.37. The first-order valence-electron chi connectivity index (χ1n) is 6.81. The molecule has 6 heteroatoms. The summed E-state index contributed by atoms with van der Waals surface area (Å²) in [6.07, 6.45) is -0.672. The second kappa shape index (κ2) is 8.27. The van der Waals surface area contributed by atoms with Crippen molar-refractivity contribution in [3.05, 3.63) is 71.8 Å². The van der Waals surface area contributed by atoms with Crippen LogP contribution in [0.2, 0.25) is 0 Å². The number of carbonyl (C=O) groups is 1. The summed E-state index contributed by atoms with van der Waals surface area (Å²) in [5.74, 6) is 0. The first-order valence-corrected chi connectivity index (χ1v) is 8.20. The van der Waals surface area contributed by atoms with Crippen molar-refractivity contribution in [1.82, 2.24) is 5.32 Å². The number of carbonyl (C=O) groups excluding carboxylic acids is 1. The van der Waals surface area contributed by atoms with Crippen molar-refractivity contribution in [1.29, 1.82) is 0 Å². The molecular weight excluding hydrogens is 301 g/mol. The highest BCUT2D eigenvalue weighted by molar-refractivity contribution is 7.38. The van der Waals surface area contributed by atoms with Crippen molar-refractivity contribution in [3.8, 4) is 0 Å². The highest BCUT2D eigenvalue weighted by atomic mass is 31.1. The van der Waals surface area contributed by atoms with Crippen LogP contribution in [-0.2, 0) is 15.9 Å².